The SMILES string of the molecule is CCOCCCNC(=O)CCOc1cccc(C)c1C. The van der Waals surface area contributed by atoms with Gasteiger partial charge in [-0.2, -0.15) is 0 Å². The van der Waals surface area contributed by atoms with Gasteiger partial charge < -0.3 is 14.8 Å². The molecule has 0 heterocycles. The van der Waals surface area contributed by atoms with Crippen LogP contribution in [0.4, 0.5) is 0 Å². The molecule has 0 unspecified atom stereocenters. The Morgan fingerprint density at radius 3 is 2.80 bits per heavy atom. The summed E-state index contributed by atoms with van der Waals surface area (Å²) >= 11 is 0. The quantitative estimate of drug-likeness (QED) is 0.707. The predicted molar refractivity (Wildman–Crippen MR) is 80.1 cm³/mol. The van der Waals surface area contributed by atoms with Crippen LogP contribution in [0.25, 0.3) is 0 Å². The summed E-state index contributed by atoms with van der Waals surface area (Å²) in [6.07, 6.45) is 1.22. The van der Waals surface area contributed by atoms with Crippen LogP contribution in [0.2, 0.25) is 0 Å². The van der Waals surface area contributed by atoms with Crippen LogP contribution in [0, 0.1) is 13.8 Å². The molecule has 20 heavy (non-hydrogen) atoms. The summed E-state index contributed by atoms with van der Waals surface area (Å²) in [6.45, 7) is 8.51. The number of benzene rings is 1. The highest BCUT2D eigenvalue weighted by Gasteiger charge is 2.04. The first-order valence-electron chi connectivity index (χ1n) is 7.18. The van der Waals surface area contributed by atoms with Crippen molar-refractivity contribution < 1.29 is 14.3 Å². The molecule has 1 N–H and O–H groups in total. The Balaban J connectivity index is 2.17. The molecule has 112 valence electrons. The van der Waals surface area contributed by atoms with Crippen molar-refractivity contribution in [3.8, 4) is 5.75 Å². The summed E-state index contributed by atoms with van der Waals surface area (Å²) in [6, 6.07) is 5.95. The highest BCUT2D eigenvalue weighted by atomic mass is 16.5. The van der Waals surface area contributed by atoms with Gasteiger partial charge in [0.05, 0.1) is 13.0 Å². The van der Waals surface area contributed by atoms with Gasteiger partial charge in [-0.3, -0.25) is 4.79 Å². The average molecular weight is 279 g/mol. The number of carbonyl (C=O) groups is 1. The molecule has 0 aromatic heterocycles. The molecule has 4 heteroatoms. The largest absolute Gasteiger partial charge is 0.493 e. The molecule has 1 aromatic carbocycles. The summed E-state index contributed by atoms with van der Waals surface area (Å²) in [5, 5.41) is 2.85. The minimum atomic E-state index is 0.0202. The van der Waals surface area contributed by atoms with E-state index in [1.165, 1.54) is 5.56 Å². The first-order valence-corrected chi connectivity index (χ1v) is 7.18. The number of carbonyl (C=O) groups excluding carboxylic acids is 1. The van der Waals surface area contributed by atoms with Gasteiger partial charge >= 0.3 is 0 Å². The van der Waals surface area contributed by atoms with E-state index in [1.54, 1.807) is 0 Å². The zero-order valence-corrected chi connectivity index (χ0v) is 12.7. The van der Waals surface area contributed by atoms with E-state index >= 15 is 0 Å². The van der Waals surface area contributed by atoms with E-state index in [9.17, 15) is 4.79 Å². The molecule has 0 aliphatic heterocycles. The second-order valence-corrected chi connectivity index (χ2v) is 4.70. The lowest BCUT2D eigenvalue weighted by Gasteiger charge is -2.11. The van der Waals surface area contributed by atoms with E-state index in [2.05, 4.69) is 5.32 Å². The van der Waals surface area contributed by atoms with Crippen LogP contribution >= 0.6 is 0 Å². The van der Waals surface area contributed by atoms with Crippen molar-refractivity contribution in [2.24, 2.45) is 0 Å². The zero-order valence-electron chi connectivity index (χ0n) is 12.7. The van der Waals surface area contributed by atoms with Crippen LogP contribution in [0.3, 0.4) is 0 Å². The normalized spacial score (nSPS) is 10.3. The van der Waals surface area contributed by atoms with E-state index in [0.717, 1.165) is 24.3 Å². The molecule has 0 spiro atoms. The van der Waals surface area contributed by atoms with Crippen molar-refractivity contribution in [2.45, 2.75) is 33.6 Å². The first-order chi connectivity index (χ1) is 9.65. The van der Waals surface area contributed by atoms with Crippen molar-refractivity contribution >= 4 is 5.91 Å². The Morgan fingerprint density at radius 1 is 1.25 bits per heavy atom. The maximum atomic E-state index is 11.6. The van der Waals surface area contributed by atoms with Crippen molar-refractivity contribution in [1.29, 1.82) is 0 Å². The van der Waals surface area contributed by atoms with Gasteiger partial charge in [0.25, 0.3) is 0 Å². The summed E-state index contributed by atoms with van der Waals surface area (Å²) in [4.78, 5) is 11.6. The molecule has 0 radical (unpaired) electrons. The van der Waals surface area contributed by atoms with E-state index in [0.29, 0.717) is 26.2 Å². The van der Waals surface area contributed by atoms with E-state index in [4.69, 9.17) is 9.47 Å². The van der Waals surface area contributed by atoms with Gasteiger partial charge in [0.15, 0.2) is 0 Å². The molecular weight excluding hydrogens is 254 g/mol. The minimum absolute atomic E-state index is 0.0202. The van der Waals surface area contributed by atoms with Gasteiger partial charge in [0.2, 0.25) is 5.91 Å². The third-order valence-corrected chi connectivity index (χ3v) is 3.13. The molecule has 1 amide bonds. The third-order valence-electron chi connectivity index (χ3n) is 3.13. The highest BCUT2D eigenvalue weighted by Crippen LogP contribution is 2.20. The Bertz CT molecular complexity index is 418. The molecule has 0 saturated carbocycles. The fourth-order valence-corrected chi connectivity index (χ4v) is 1.77. The van der Waals surface area contributed by atoms with Crippen molar-refractivity contribution in [3.05, 3.63) is 29.3 Å². The van der Waals surface area contributed by atoms with Gasteiger partial charge in [0, 0.05) is 19.8 Å². The molecule has 0 aliphatic rings. The summed E-state index contributed by atoms with van der Waals surface area (Å²) in [7, 11) is 0. The maximum absolute atomic E-state index is 11.6. The second-order valence-electron chi connectivity index (χ2n) is 4.70. The highest BCUT2D eigenvalue weighted by molar-refractivity contribution is 5.75. The number of ether oxygens (including phenoxy) is 2. The molecule has 1 aromatic rings. The maximum Gasteiger partial charge on any atom is 0.223 e. The van der Waals surface area contributed by atoms with Crippen LogP contribution in [-0.4, -0.2) is 32.3 Å². The number of amides is 1. The first kappa shape index (κ1) is 16.5. The van der Waals surface area contributed by atoms with Crippen molar-refractivity contribution in [1.82, 2.24) is 5.32 Å². The second kappa shape index (κ2) is 9.37. The number of hydrogen-bond acceptors (Lipinski definition) is 3. The molecular formula is C16H25NO3. The zero-order chi connectivity index (χ0) is 14.8. The van der Waals surface area contributed by atoms with E-state index in [-0.39, 0.29) is 5.91 Å². The molecule has 0 fully saturated rings. The topological polar surface area (TPSA) is 47.6 Å². The lowest BCUT2D eigenvalue weighted by molar-refractivity contribution is -0.121. The van der Waals surface area contributed by atoms with Gasteiger partial charge in [-0.1, -0.05) is 12.1 Å². The fraction of sp³-hybridized carbons (Fsp3) is 0.562. The molecule has 1 rings (SSSR count). The fourth-order valence-electron chi connectivity index (χ4n) is 1.77. The summed E-state index contributed by atoms with van der Waals surface area (Å²) in [5.41, 5.74) is 2.33. The Kier molecular flexibility index (Phi) is 7.73. The molecule has 0 atom stereocenters. The summed E-state index contributed by atoms with van der Waals surface area (Å²) < 4.78 is 10.9. The molecule has 4 nitrogen and oxygen atoms in total. The molecule has 0 aliphatic carbocycles. The van der Waals surface area contributed by atoms with Crippen LogP contribution in [0.5, 0.6) is 5.75 Å². The van der Waals surface area contributed by atoms with Crippen molar-refractivity contribution in [3.63, 3.8) is 0 Å². The third kappa shape index (κ3) is 6.06. The van der Waals surface area contributed by atoms with Crippen molar-refractivity contribution in [2.75, 3.05) is 26.4 Å². The average Bonchev–Trinajstić information content (AvgIpc) is 2.43. The molecule has 0 bridgehead atoms. The van der Waals surface area contributed by atoms with Crippen LogP contribution in [0.1, 0.15) is 30.9 Å². The van der Waals surface area contributed by atoms with Gasteiger partial charge in [-0.05, 0) is 44.4 Å². The Hall–Kier alpha value is -1.55. The number of nitrogens with one attached hydrogen (secondary N) is 1. The van der Waals surface area contributed by atoms with Gasteiger partial charge in [-0.15, -0.1) is 0 Å². The molecule has 0 saturated heterocycles. The standard InChI is InChI=1S/C16H25NO3/c1-4-19-11-6-10-17-16(18)9-12-20-15-8-5-7-13(2)14(15)3/h5,7-8H,4,6,9-12H2,1-3H3,(H,17,18). The minimum Gasteiger partial charge on any atom is -0.493 e. The van der Waals surface area contributed by atoms with E-state index in [1.807, 2.05) is 39.0 Å². The number of hydrogen-bond donors (Lipinski definition) is 1. The number of rotatable bonds is 9. The van der Waals surface area contributed by atoms with Crippen LogP contribution in [0.15, 0.2) is 18.2 Å². The number of aryl methyl sites for hydroxylation is 1. The summed E-state index contributed by atoms with van der Waals surface area (Å²) in [5.74, 6) is 0.876. The monoisotopic (exact) mass is 279 g/mol. The van der Waals surface area contributed by atoms with Gasteiger partial charge in [-0.25, -0.2) is 0 Å². The lowest BCUT2D eigenvalue weighted by atomic mass is 10.1. The van der Waals surface area contributed by atoms with Crippen LogP contribution in [-0.2, 0) is 9.53 Å². The van der Waals surface area contributed by atoms with E-state index < -0.39 is 0 Å². The lowest BCUT2D eigenvalue weighted by Crippen LogP contribution is -2.26. The Morgan fingerprint density at radius 2 is 2.05 bits per heavy atom. The van der Waals surface area contributed by atoms with Gasteiger partial charge in [0.1, 0.15) is 5.75 Å². The predicted octanol–water partition coefficient (Wildman–Crippen LogP) is 2.62. The van der Waals surface area contributed by atoms with Crippen LogP contribution < -0.4 is 10.1 Å². The Labute approximate surface area is 121 Å². The smallest absolute Gasteiger partial charge is 0.223 e.